The van der Waals surface area contributed by atoms with E-state index >= 15 is 0 Å². The van der Waals surface area contributed by atoms with Crippen LogP contribution in [0.15, 0.2) is 6.20 Å². The van der Waals surface area contributed by atoms with Gasteiger partial charge < -0.3 is 4.90 Å². The highest BCUT2D eigenvalue weighted by molar-refractivity contribution is 9.09. The standard InChI is InChI=1S/C7H10BrN3OS/c1-5(8)4-11(2)7(12)6-3-9-10-13-6/h3,5H,4H2,1-2H3. The lowest BCUT2D eigenvalue weighted by atomic mass is 10.4. The number of hydrogen-bond donors (Lipinski definition) is 0. The van der Waals surface area contributed by atoms with Crippen LogP contribution in [0, 0.1) is 0 Å². The lowest BCUT2D eigenvalue weighted by molar-refractivity contribution is 0.0802. The van der Waals surface area contributed by atoms with Gasteiger partial charge in [0, 0.05) is 18.4 Å². The van der Waals surface area contributed by atoms with E-state index in [9.17, 15) is 4.79 Å². The van der Waals surface area contributed by atoms with Crippen LogP contribution in [0.5, 0.6) is 0 Å². The molecule has 6 heteroatoms. The minimum Gasteiger partial charge on any atom is -0.340 e. The van der Waals surface area contributed by atoms with E-state index in [1.807, 2.05) is 6.92 Å². The van der Waals surface area contributed by atoms with Gasteiger partial charge in [-0.1, -0.05) is 27.3 Å². The number of nitrogens with zero attached hydrogens (tertiary/aromatic N) is 3. The number of hydrogen-bond acceptors (Lipinski definition) is 4. The first-order valence-electron chi connectivity index (χ1n) is 3.78. The van der Waals surface area contributed by atoms with Gasteiger partial charge in [-0.05, 0) is 11.5 Å². The van der Waals surface area contributed by atoms with Gasteiger partial charge in [0.2, 0.25) is 0 Å². The smallest absolute Gasteiger partial charge is 0.267 e. The maximum atomic E-state index is 11.6. The quantitative estimate of drug-likeness (QED) is 0.775. The van der Waals surface area contributed by atoms with E-state index in [2.05, 4.69) is 25.5 Å². The summed E-state index contributed by atoms with van der Waals surface area (Å²) < 4.78 is 3.64. The molecule has 13 heavy (non-hydrogen) atoms. The molecule has 1 unspecified atom stereocenters. The maximum Gasteiger partial charge on any atom is 0.267 e. The average Bonchev–Trinajstić information content (AvgIpc) is 2.53. The summed E-state index contributed by atoms with van der Waals surface area (Å²) in [5, 5.41) is 3.61. The minimum atomic E-state index is -0.0266. The second-order valence-electron chi connectivity index (χ2n) is 2.75. The third-order valence-corrected chi connectivity index (χ3v) is 2.39. The van der Waals surface area contributed by atoms with E-state index in [0.29, 0.717) is 16.2 Å². The van der Waals surface area contributed by atoms with Crippen LogP contribution in [0.2, 0.25) is 0 Å². The predicted molar refractivity (Wildman–Crippen MR) is 55.3 cm³/mol. The number of halogens is 1. The molecule has 1 heterocycles. The first kappa shape index (κ1) is 10.6. The van der Waals surface area contributed by atoms with Crippen molar-refractivity contribution in [3.05, 3.63) is 11.1 Å². The van der Waals surface area contributed by atoms with Crippen molar-refractivity contribution < 1.29 is 4.79 Å². The average molecular weight is 264 g/mol. The molecule has 1 aromatic heterocycles. The van der Waals surface area contributed by atoms with Crippen LogP contribution in [0.25, 0.3) is 0 Å². The topological polar surface area (TPSA) is 46.1 Å². The zero-order valence-electron chi connectivity index (χ0n) is 7.40. The third kappa shape index (κ3) is 3.04. The Morgan fingerprint density at radius 1 is 1.85 bits per heavy atom. The number of aromatic nitrogens is 2. The van der Waals surface area contributed by atoms with Gasteiger partial charge in [-0.2, -0.15) is 0 Å². The Bertz CT molecular complexity index is 275. The number of carbonyl (C=O) groups excluding carboxylic acids is 1. The lowest BCUT2D eigenvalue weighted by Crippen LogP contribution is -2.30. The van der Waals surface area contributed by atoms with Crippen molar-refractivity contribution in [3.63, 3.8) is 0 Å². The van der Waals surface area contributed by atoms with Crippen molar-refractivity contribution in [3.8, 4) is 0 Å². The van der Waals surface area contributed by atoms with Crippen molar-refractivity contribution in [2.45, 2.75) is 11.8 Å². The second kappa shape index (κ2) is 4.66. The zero-order chi connectivity index (χ0) is 9.84. The van der Waals surface area contributed by atoms with Crippen molar-refractivity contribution in [2.75, 3.05) is 13.6 Å². The molecule has 1 atom stereocenters. The summed E-state index contributed by atoms with van der Waals surface area (Å²) in [5.74, 6) is -0.0266. The van der Waals surface area contributed by atoms with Crippen LogP contribution in [0.1, 0.15) is 16.6 Å². The molecule has 72 valence electrons. The Labute approximate surface area is 89.2 Å². The molecule has 0 N–H and O–H groups in total. The Kier molecular flexibility index (Phi) is 3.80. The highest BCUT2D eigenvalue weighted by Gasteiger charge is 2.14. The molecule has 0 aliphatic carbocycles. The second-order valence-corrected chi connectivity index (χ2v) is 5.10. The highest BCUT2D eigenvalue weighted by atomic mass is 79.9. The fourth-order valence-corrected chi connectivity index (χ4v) is 1.85. The van der Waals surface area contributed by atoms with Gasteiger partial charge in [0.1, 0.15) is 4.88 Å². The number of rotatable bonds is 3. The molecule has 0 bridgehead atoms. The van der Waals surface area contributed by atoms with Crippen molar-refractivity contribution >= 4 is 33.4 Å². The molecule has 0 saturated carbocycles. The van der Waals surface area contributed by atoms with Gasteiger partial charge in [-0.15, -0.1) is 5.10 Å². The van der Waals surface area contributed by atoms with E-state index in [0.717, 1.165) is 11.5 Å². The molecule has 0 saturated heterocycles. The van der Waals surface area contributed by atoms with Crippen molar-refractivity contribution in [1.29, 1.82) is 0 Å². The van der Waals surface area contributed by atoms with E-state index in [1.54, 1.807) is 11.9 Å². The van der Waals surface area contributed by atoms with Gasteiger partial charge in [-0.3, -0.25) is 4.79 Å². The summed E-state index contributed by atoms with van der Waals surface area (Å²) in [4.78, 5) is 14.1. The number of amides is 1. The van der Waals surface area contributed by atoms with Crippen LogP contribution < -0.4 is 0 Å². The van der Waals surface area contributed by atoms with Gasteiger partial charge >= 0.3 is 0 Å². The summed E-state index contributed by atoms with van der Waals surface area (Å²) >= 11 is 4.50. The normalized spacial score (nSPS) is 12.5. The largest absolute Gasteiger partial charge is 0.340 e. The molecule has 1 rings (SSSR count). The summed E-state index contributed by atoms with van der Waals surface area (Å²) in [6, 6.07) is 0. The summed E-state index contributed by atoms with van der Waals surface area (Å²) in [7, 11) is 1.76. The molecule has 0 radical (unpaired) electrons. The Morgan fingerprint density at radius 2 is 2.54 bits per heavy atom. The van der Waals surface area contributed by atoms with Gasteiger partial charge in [0.15, 0.2) is 0 Å². The molecular formula is C7H10BrN3OS. The summed E-state index contributed by atoms with van der Waals surface area (Å²) in [5.41, 5.74) is 0. The Balaban J connectivity index is 2.58. The van der Waals surface area contributed by atoms with E-state index in [-0.39, 0.29) is 5.91 Å². The highest BCUT2D eigenvalue weighted by Crippen LogP contribution is 2.08. The van der Waals surface area contributed by atoms with Crippen LogP contribution in [0.3, 0.4) is 0 Å². The van der Waals surface area contributed by atoms with Crippen molar-refractivity contribution in [1.82, 2.24) is 14.5 Å². The van der Waals surface area contributed by atoms with Crippen LogP contribution >= 0.6 is 27.5 Å². The first-order chi connectivity index (χ1) is 6.11. The lowest BCUT2D eigenvalue weighted by Gasteiger charge is -2.16. The number of alkyl halides is 1. The third-order valence-electron chi connectivity index (χ3n) is 1.44. The van der Waals surface area contributed by atoms with Crippen LogP contribution in [-0.2, 0) is 0 Å². The molecule has 0 aliphatic heterocycles. The molecular weight excluding hydrogens is 254 g/mol. The summed E-state index contributed by atoms with van der Waals surface area (Å²) in [6.45, 7) is 2.67. The fraction of sp³-hybridized carbons (Fsp3) is 0.571. The summed E-state index contributed by atoms with van der Waals surface area (Å²) in [6.07, 6.45) is 1.49. The van der Waals surface area contributed by atoms with Gasteiger partial charge in [0.25, 0.3) is 5.91 Å². The Hall–Kier alpha value is -0.490. The molecule has 1 amide bonds. The van der Waals surface area contributed by atoms with E-state index in [4.69, 9.17) is 0 Å². The van der Waals surface area contributed by atoms with Gasteiger partial charge in [0.05, 0.1) is 6.20 Å². The SMILES string of the molecule is CC(Br)CN(C)C(=O)c1cnns1. The molecule has 4 nitrogen and oxygen atoms in total. The molecule has 0 fully saturated rings. The van der Waals surface area contributed by atoms with Crippen LogP contribution in [0.4, 0.5) is 0 Å². The Morgan fingerprint density at radius 3 is 3.00 bits per heavy atom. The van der Waals surface area contributed by atoms with Crippen molar-refractivity contribution in [2.24, 2.45) is 0 Å². The first-order valence-corrected chi connectivity index (χ1v) is 5.47. The molecule has 0 spiro atoms. The fourth-order valence-electron chi connectivity index (χ4n) is 0.910. The van der Waals surface area contributed by atoms with E-state index < -0.39 is 0 Å². The predicted octanol–water partition coefficient (Wildman–Crippen LogP) is 1.39. The number of carbonyl (C=O) groups is 1. The van der Waals surface area contributed by atoms with Gasteiger partial charge in [-0.25, -0.2) is 0 Å². The van der Waals surface area contributed by atoms with Crippen LogP contribution in [-0.4, -0.2) is 38.8 Å². The monoisotopic (exact) mass is 263 g/mol. The molecule has 1 aromatic rings. The molecule has 0 aromatic carbocycles. The van der Waals surface area contributed by atoms with E-state index in [1.165, 1.54) is 6.20 Å². The zero-order valence-corrected chi connectivity index (χ0v) is 9.80. The minimum absolute atomic E-state index is 0.0266. The maximum absolute atomic E-state index is 11.6. The molecule has 0 aliphatic rings.